The van der Waals surface area contributed by atoms with Crippen molar-refractivity contribution in [2.45, 2.75) is 13.3 Å². The maximum absolute atomic E-state index is 12.7. The van der Waals surface area contributed by atoms with Gasteiger partial charge in [0.05, 0.1) is 11.1 Å². The largest absolute Gasteiger partial charge is 0.493 e. The van der Waals surface area contributed by atoms with Gasteiger partial charge in [-0.2, -0.15) is 9.50 Å². The molecule has 2 heterocycles. The van der Waals surface area contributed by atoms with Gasteiger partial charge in [0.25, 0.3) is 5.56 Å². The summed E-state index contributed by atoms with van der Waals surface area (Å²) in [4.78, 5) is 17.7. The molecule has 0 spiro atoms. The molecule has 0 bridgehead atoms. The Balaban J connectivity index is 1.65. The van der Waals surface area contributed by atoms with Gasteiger partial charge in [0.1, 0.15) is 5.75 Å². The lowest BCUT2D eigenvalue weighted by Crippen LogP contribution is -2.23. The highest BCUT2D eigenvalue weighted by atomic mass is 35.5. The average molecular weight is 424 g/mol. The Morgan fingerprint density at radius 3 is 2.69 bits per heavy atom. The third-order valence-corrected chi connectivity index (χ3v) is 5.37. The van der Waals surface area contributed by atoms with Gasteiger partial charge in [-0.3, -0.25) is 4.79 Å². The van der Waals surface area contributed by atoms with Crippen LogP contribution in [0.1, 0.15) is 30.3 Å². The predicted octanol–water partition coefficient (Wildman–Crippen LogP) is 4.31. The van der Waals surface area contributed by atoms with Crippen molar-refractivity contribution in [3.8, 4) is 5.75 Å². The third kappa shape index (κ3) is 4.39. The Labute approximate surface area is 176 Å². The number of hydrogen-bond donors (Lipinski definition) is 0. The maximum Gasteiger partial charge on any atom is 0.291 e. The first-order valence-electron chi connectivity index (χ1n) is 9.21. The molecular formula is C22H18ClN3O2S. The maximum atomic E-state index is 12.7. The molecule has 4 rings (SSSR count). The minimum absolute atomic E-state index is 0.186. The van der Waals surface area contributed by atoms with Crippen molar-refractivity contribution in [1.82, 2.24) is 14.6 Å². The summed E-state index contributed by atoms with van der Waals surface area (Å²) in [5.74, 6) is 1.25. The van der Waals surface area contributed by atoms with E-state index >= 15 is 0 Å². The normalized spacial score (nSPS) is 12.3. The molecule has 0 radical (unpaired) electrons. The Bertz CT molecular complexity index is 1280. The molecule has 2 aromatic heterocycles. The lowest BCUT2D eigenvalue weighted by molar-refractivity contribution is 0.317. The molecule has 146 valence electrons. The van der Waals surface area contributed by atoms with Crippen molar-refractivity contribution in [3.05, 3.63) is 85.4 Å². The highest BCUT2D eigenvalue weighted by Gasteiger charge is 2.10. The van der Waals surface area contributed by atoms with E-state index in [1.807, 2.05) is 60.7 Å². The zero-order chi connectivity index (χ0) is 20.2. The molecule has 0 atom stereocenters. The molecule has 29 heavy (non-hydrogen) atoms. The van der Waals surface area contributed by atoms with Gasteiger partial charge in [0, 0.05) is 10.6 Å². The van der Waals surface area contributed by atoms with E-state index in [2.05, 4.69) is 17.0 Å². The van der Waals surface area contributed by atoms with E-state index in [1.54, 1.807) is 6.08 Å². The summed E-state index contributed by atoms with van der Waals surface area (Å²) >= 11 is 7.21. The van der Waals surface area contributed by atoms with Gasteiger partial charge in [-0.15, -0.1) is 5.10 Å². The topological polar surface area (TPSA) is 56.5 Å². The van der Waals surface area contributed by atoms with Crippen LogP contribution in [0.25, 0.3) is 23.2 Å². The van der Waals surface area contributed by atoms with Crippen LogP contribution in [0.2, 0.25) is 5.02 Å². The summed E-state index contributed by atoms with van der Waals surface area (Å²) in [5.41, 5.74) is 1.66. The van der Waals surface area contributed by atoms with Crippen molar-refractivity contribution in [1.29, 1.82) is 0 Å². The molecule has 0 saturated carbocycles. The summed E-state index contributed by atoms with van der Waals surface area (Å²) in [6, 6.07) is 15.1. The second kappa shape index (κ2) is 8.59. The molecular weight excluding hydrogens is 406 g/mol. The molecule has 0 fully saturated rings. The first-order chi connectivity index (χ1) is 14.1. The van der Waals surface area contributed by atoms with E-state index in [9.17, 15) is 4.79 Å². The Morgan fingerprint density at radius 1 is 1.14 bits per heavy atom. The number of ether oxygens (including phenoxy) is 1. The number of halogens is 1. The molecule has 0 aliphatic heterocycles. The molecule has 0 amide bonds. The number of benzene rings is 2. The van der Waals surface area contributed by atoms with E-state index in [-0.39, 0.29) is 5.56 Å². The third-order valence-electron chi connectivity index (χ3n) is 4.16. The van der Waals surface area contributed by atoms with Crippen molar-refractivity contribution < 1.29 is 4.74 Å². The van der Waals surface area contributed by atoms with E-state index in [0.717, 1.165) is 23.3 Å². The average Bonchev–Trinajstić information content (AvgIpc) is 3.26. The highest BCUT2D eigenvalue weighted by Crippen LogP contribution is 2.19. The fraction of sp³-hybridized carbons (Fsp3) is 0.136. The highest BCUT2D eigenvalue weighted by molar-refractivity contribution is 7.15. The minimum atomic E-state index is -0.186. The molecule has 0 aliphatic carbocycles. The summed E-state index contributed by atoms with van der Waals surface area (Å²) in [7, 11) is 0. The zero-order valence-electron chi connectivity index (χ0n) is 15.7. The fourth-order valence-corrected chi connectivity index (χ4v) is 3.78. The van der Waals surface area contributed by atoms with Crippen molar-refractivity contribution in [2.24, 2.45) is 0 Å². The van der Waals surface area contributed by atoms with Crippen molar-refractivity contribution in [2.75, 3.05) is 6.61 Å². The van der Waals surface area contributed by atoms with Gasteiger partial charge in [-0.25, -0.2) is 0 Å². The second-order valence-corrected chi connectivity index (χ2v) is 7.80. The number of hydrogen-bond acceptors (Lipinski definition) is 5. The fourth-order valence-electron chi connectivity index (χ4n) is 2.75. The van der Waals surface area contributed by atoms with Crippen LogP contribution in [0.3, 0.4) is 0 Å². The Morgan fingerprint density at radius 2 is 1.93 bits per heavy atom. The van der Waals surface area contributed by atoms with Crippen LogP contribution >= 0.6 is 22.9 Å². The molecule has 7 heteroatoms. The first-order valence-corrected chi connectivity index (χ1v) is 10.4. The van der Waals surface area contributed by atoms with Gasteiger partial charge in [-0.05, 0) is 42.3 Å². The van der Waals surface area contributed by atoms with Crippen LogP contribution in [0.4, 0.5) is 0 Å². The number of rotatable bonds is 6. The van der Waals surface area contributed by atoms with Gasteiger partial charge in [0.2, 0.25) is 4.96 Å². The van der Waals surface area contributed by atoms with Crippen LogP contribution < -0.4 is 14.8 Å². The SMILES string of the molecule is CCCOc1ccccc1/C=c1/sc2nc(/C=C/c3ccc(Cl)cc3)nn2c1=O. The minimum Gasteiger partial charge on any atom is -0.493 e. The lowest BCUT2D eigenvalue weighted by atomic mass is 10.2. The van der Waals surface area contributed by atoms with Crippen LogP contribution in [-0.4, -0.2) is 21.2 Å². The summed E-state index contributed by atoms with van der Waals surface area (Å²) < 4.78 is 7.68. The Kier molecular flexibility index (Phi) is 5.74. The number of para-hydroxylation sites is 1. The van der Waals surface area contributed by atoms with E-state index in [4.69, 9.17) is 16.3 Å². The van der Waals surface area contributed by atoms with E-state index in [0.29, 0.717) is 26.9 Å². The Hall–Kier alpha value is -2.96. The molecule has 5 nitrogen and oxygen atoms in total. The van der Waals surface area contributed by atoms with Crippen LogP contribution in [0.5, 0.6) is 5.75 Å². The van der Waals surface area contributed by atoms with Gasteiger partial charge < -0.3 is 4.74 Å². The molecule has 2 aromatic carbocycles. The van der Waals surface area contributed by atoms with Crippen LogP contribution in [0, 0.1) is 0 Å². The molecule has 0 aliphatic rings. The summed E-state index contributed by atoms with van der Waals surface area (Å²) in [5, 5.41) is 5.00. The van der Waals surface area contributed by atoms with Crippen LogP contribution in [0.15, 0.2) is 53.3 Å². The zero-order valence-corrected chi connectivity index (χ0v) is 17.3. The van der Waals surface area contributed by atoms with E-state index in [1.165, 1.54) is 15.9 Å². The van der Waals surface area contributed by atoms with Gasteiger partial charge in [-0.1, -0.05) is 66.3 Å². The lowest BCUT2D eigenvalue weighted by Gasteiger charge is -2.07. The molecule has 0 N–H and O–H groups in total. The summed E-state index contributed by atoms with van der Waals surface area (Å²) in [6.45, 7) is 2.69. The monoisotopic (exact) mass is 423 g/mol. The number of aromatic nitrogens is 3. The standard InChI is InChI=1S/C22H18ClN3O2S/c1-2-13-28-18-6-4-3-5-16(18)14-19-21(27)26-22(29-19)24-20(25-26)12-9-15-7-10-17(23)11-8-15/h3-12,14H,2,13H2,1H3/b12-9+,19-14+. The number of nitrogens with zero attached hydrogens (tertiary/aromatic N) is 3. The smallest absolute Gasteiger partial charge is 0.291 e. The molecule has 0 unspecified atom stereocenters. The van der Waals surface area contributed by atoms with Gasteiger partial charge >= 0.3 is 0 Å². The molecule has 0 saturated heterocycles. The number of thiazole rings is 1. The van der Waals surface area contributed by atoms with E-state index < -0.39 is 0 Å². The predicted molar refractivity (Wildman–Crippen MR) is 119 cm³/mol. The van der Waals surface area contributed by atoms with Gasteiger partial charge in [0.15, 0.2) is 5.82 Å². The summed E-state index contributed by atoms with van der Waals surface area (Å²) in [6.07, 6.45) is 6.41. The quantitative estimate of drug-likeness (QED) is 0.463. The first kappa shape index (κ1) is 19.4. The van der Waals surface area contributed by atoms with Crippen molar-refractivity contribution in [3.63, 3.8) is 0 Å². The molecule has 4 aromatic rings. The van der Waals surface area contributed by atoms with Crippen molar-refractivity contribution >= 4 is 46.1 Å². The van der Waals surface area contributed by atoms with Crippen LogP contribution in [-0.2, 0) is 0 Å². The number of fused-ring (bicyclic) bond motifs is 1. The second-order valence-electron chi connectivity index (χ2n) is 6.35.